The molecule has 1 aliphatic carbocycles. The Hall–Kier alpha value is -3.35. The molecule has 28 heavy (non-hydrogen) atoms. The average molecular weight is 379 g/mol. The highest BCUT2D eigenvalue weighted by Crippen LogP contribution is 2.32. The van der Waals surface area contributed by atoms with Crippen LogP contribution in [-0.2, 0) is 0 Å². The number of fused-ring (bicyclic) bond motifs is 1. The van der Waals surface area contributed by atoms with Crippen LogP contribution in [-0.4, -0.2) is 33.9 Å². The van der Waals surface area contributed by atoms with Crippen LogP contribution in [0.15, 0.2) is 42.5 Å². The number of phenolic OH excluding ortho intramolecular Hbond substituents is 1. The minimum Gasteiger partial charge on any atom is -0.508 e. The van der Waals surface area contributed by atoms with Gasteiger partial charge in [-0.1, -0.05) is 25.3 Å². The largest absolute Gasteiger partial charge is 0.508 e. The Labute approximate surface area is 162 Å². The lowest BCUT2D eigenvalue weighted by atomic mass is 9.94. The Kier molecular flexibility index (Phi) is 4.73. The third-order valence-corrected chi connectivity index (χ3v) is 5.22. The number of amides is 4. The fourth-order valence-electron chi connectivity index (χ4n) is 3.89. The van der Waals surface area contributed by atoms with Crippen LogP contribution in [0.4, 0.5) is 16.2 Å². The third kappa shape index (κ3) is 3.43. The zero-order chi connectivity index (χ0) is 19.7. The smallest absolute Gasteiger partial charge is 0.323 e. The van der Waals surface area contributed by atoms with Crippen molar-refractivity contribution < 1.29 is 19.5 Å². The molecule has 3 N–H and O–H groups in total. The number of imide groups is 1. The number of hydrogen-bond donors (Lipinski definition) is 3. The Morgan fingerprint density at radius 2 is 1.57 bits per heavy atom. The van der Waals surface area contributed by atoms with Gasteiger partial charge < -0.3 is 15.7 Å². The molecule has 0 unspecified atom stereocenters. The first-order valence-corrected chi connectivity index (χ1v) is 9.42. The molecule has 0 bridgehead atoms. The summed E-state index contributed by atoms with van der Waals surface area (Å²) in [5.74, 6) is -0.492. The first-order valence-electron chi connectivity index (χ1n) is 9.42. The second-order valence-electron chi connectivity index (χ2n) is 7.16. The lowest BCUT2D eigenvalue weighted by Crippen LogP contribution is -2.40. The van der Waals surface area contributed by atoms with Crippen LogP contribution in [0, 0.1) is 0 Å². The van der Waals surface area contributed by atoms with Crippen molar-refractivity contribution in [2.24, 2.45) is 0 Å². The van der Waals surface area contributed by atoms with Crippen molar-refractivity contribution in [3.63, 3.8) is 0 Å². The van der Waals surface area contributed by atoms with E-state index in [4.69, 9.17) is 0 Å². The summed E-state index contributed by atoms with van der Waals surface area (Å²) in [7, 11) is 0. The van der Waals surface area contributed by atoms with Crippen LogP contribution < -0.4 is 10.6 Å². The van der Waals surface area contributed by atoms with Crippen molar-refractivity contribution in [1.82, 2.24) is 4.90 Å². The zero-order valence-electron chi connectivity index (χ0n) is 15.3. The van der Waals surface area contributed by atoms with E-state index in [1.165, 1.54) is 17.0 Å². The van der Waals surface area contributed by atoms with Gasteiger partial charge in [0.05, 0.1) is 11.1 Å². The van der Waals surface area contributed by atoms with E-state index in [-0.39, 0.29) is 23.6 Å². The number of phenols is 1. The number of rotatable bonds is 3. The zero-order valence-corrected chi connectivity index (χ0v) is 15.3. The molecule has 1 saturated carbocycles. The van der Waals surface area contributed by atoms with E-state index in [0.717, 1.165) is 32.1 Å². The predicted octanol–water partition coefficient (Wildman–Crippen LogP) is 3.96. The summed E-state index contributed by atoms with van der Waals surface area (Å²) in [4.78, 5) is 39.1. The minimum atomic E-state index is -0.508. The van der Waals surface area contributed by atoms with E-state index >= 15 is 0 Å². The molecule has 7 heteroatoms. The second kappa shape index (κ2) is 7.34. The molecule has 0 radical (unpaired) electrons. The molecule has 144 valence electrons. The summed E-state index contributed by atoms with van der Waals surface area (Å²) in [6.45, 7) is 0. The normalized spacial score (nSPS) is 16.8. The molecule has 4 rings (SSSR count). The topological polar surface area (TPSA) is 98.7 Å². The average Bonchev–Trinajstić information content (AvgIpc) is 2.92. The van der Waals surface area contributed by atoms with Gasteiger partial charge >= 0.3 is 6.03 Å². The summed E-state index contributed by atoms with van der Waals surface area (Å²) in [6.07, 6.45) is 4.90. The van der Waals surface area contributed by atoms with Gasteiger partial charge in [-0.25, -0.2) is 4.79 Å². The molecule has 2 aromatic rings. The van der Waals surface area contributed by atoms with E-state index in [1.807, 2.05) is 0 Å². The van der Waals surface area contributed by atoms with E-state index in [1.54, 1.807) is 30.3 Å². The SMILES string of the molecule is O=C(Nc1cccc(O)c1)Nc1ccc2c(c1)C(=O)N(C1CCCCC1)C2=O. The highest BCUT2D eigenvalue weighted by Gasteiger charge is 2.40. The number of benzene rings is 2. The Balaban J connectivity index is 1.49. The Morgan fingerprint density at radius 3 is 2.29 bits per heavy atom. The molecule has 4 amide bonds. The van der Waals surface area contributed by atoms with E-state index in [0.29, 0.717) is 22.5 Å². The number of nitrogens with zero attached hydrogens (tertiary/aromatic N) is 1. The van der Waals surface area contributed by atoms with Gasteiger partial charge in [0.2, 0.25) is 0 Å². The number of anilines is 2. The highest BCUT2D eigenvalue weighted by molar-refractivity contribution is 6.22. The molecule has 1 aliphatic heterocycles. The van der Waals surface area contributed by atoms with E-state index < -0.39 is 6.03 Å². The van der Waals surface area contributed by atoms with Gasteiger partial charge in [0.25, 0.3) is 11.8 Å². The number of nitrogens with one attached hydrogen (secondary N) is 2. The predicted molar refractivity (Wildman–Crippen MR) is 105 cm³/mol. The summed E-state index contributed by atoms with van der Waals surface area (Å²) >= 11 is 0. The number of carbonyl (C=O) groups excluding carboxylic acids is 3. The van der Waals surface area contributed by atoms with Crippen molar-refractivity contribution in [3.8, 4) is 5.75 Å². The van der Waals surface area contributed by atoms with Gasteiger partial charge in [-0.3, -0.25) is 14.5 Å². The molecule has 0 saturated heterocycles. The highest BCUT2D eigenvalue weighted by atomic mass is 16.3. The number of hydrogen-bond acceptors (Lipinski definition) is 4. The summed E-state index contributed by atoms with van der Waals surface area (Å²) in [5.41, 5.74) is 1.57. The summed E-state index contributed by atoms with van der Waals surface area (Å²) in [6, 6.07) is 10.4. The van der Waals surface area contributed by atoms with Gasteiger partial charge in [-0.15, -0.1) is 0 Å². The Bertz CT molecular complexity index is 950. The molecule has 2 aliphatic rings. The second-order valence-corrected chi connectivity index (χ2v) is 7.16. The number of carbonyl (C=O) groups is 3. The molecular weight excluding hydrogens is 358 g/mol. The van der Waals surface area contributed by atoms with Crippen molar-refractivity contribution in [2.45, 2.75) is 38.1 Å². The van der Waals surface area contributed by atoms with Crippen LogP contribution in [0.3, 0.4) is 0 Å². The number of aromatic hydroxyl groups is 1. The fourth-order valence-corrected chi connectivity index (χ4v) is 3.89. The molecular formula is C21H21N3O4. The lowest BCUT2D eigenvalue weighted by Gasteiger charge is -2.29. The van der Waals surface area contributed by atoms with Crippen molar-refractivity contribution in [3.05, 3.63) is 53.6 Å². The van der Waals surface area contributed by atoms with Gasteiger partial charge in [0, 0.05) is 23.5 Å². The maximum atomic E-state index is 12.8. The van der Waals surface area contributed by atoms with E-state index in [2.05, 4.69) is 10.6 Å². The maximum Gasteiger partial charge on any atom is 0.323 e. The molecule has 0 spiro atoms. The maximum absolute atomic E-state index is 12.8. The van der Waals surface area contributed by atoms with Crippen LogP contribution in [0.25, 0.3) is 0 Å². The quantitative estimate of drug-likeness (QED) is 0.703. The van der Waals surface area contributed by atoms with Gasteiger partial charge in [0.1, 0.15) is 5.75 Å². The van der Waals surface area contributed by atoms with Crippen LogP contribution >= 0.6 is 0 Å². The molecule has 7 nitrogen and oxygen atoms in total. The van der Waals surface area contributed by atoms with Crippen molar-refractivity contribution in [2.75, 3.05) is 10.6 Å². The van der Waals surface area contributed by atoms with Gasteiger partial charge in [0.15, 0.2) is 0 Å². The Morgan fingerprint density at radius 1 is 0.893 bits per heavy atom. The van der Waals surface area contributed by atoms with Crippen LogP contribution in [0.1, 0.15) is 52.8 Å². The minimum absolute atomic E-state index is 0.0355. The van der Waals surface area contributed by atoms with E-state index in [9.17, 15) is 19.5 Å². The van der Waals surface area contributed by atoms with Crippen LogP contribution in [0.2, 0.25) is 0 Å². The first kappa shape index (κ1) is 18.0. The third-order valence-electron chi connectivity index (χ3n) is 5.22. The van der Waals surface area contributed by atoms with Crippen molar-refractivity contribution in [1.29, 1.82) is 0 Å². The molecule has 1 fully saturated rings. The molecule has 0 atom stereocenters. The fraction of sp³-hybridized carbons (Fsp3) is 0.286. The van der Waals surface area contributed by atoms with Crippen molar-refractivity contribution >= 4 is 29.2 Å². The molecule has 0 aromatic heterocycles. The van der Waals surface area contributed by atoms with Gasteiger partial charge in [-0.05, 0) is 43.2 Å². The van der Waals surface area contributed by atoms with Gasteiger partial charge in [-0.2, -0.15) is 0 Å². The first-order chi connectivity index (χ1) is 13.5. The molecule has 2 aromatic carbocycles. The standard InChI is InChI=1S/C21H21N3O4/c25-16-8-4-5-13(11-16)22-21(28)23-14-9-10-17-18(12-14)20(27)24(19(17)26)15-6-2-1-3-7-15/h4-5,8-12,15,25H,1-3,6-7H2,(H2,22,23,28). The summed E-state index contributed by atoms with van der Waals surface area (Å²) < 4.78 is 0. The summed E-state index contributed by atoms with van der Waals surface area (Å²) in [5, 5.41) is 14.7. The molecule has 1 heterocycles. The monoisotopic (exact) mass is 379 g/mol. The lowest BCUT2D eigenvalue weighted by molar-refractivity contribution is 0.0549. The van der Waals surface area contributed by atoms with Crippen LogP contribution in [0.5, 0.6) is 5.75 Å². The number of urea groups is 1.